The van der Waals surface area contributed by atoms with Crippen LogP contribution in [0.4, 0.5) is 22.0 Å². The number of ether oxygens (including phenoxy) is 3. The smallest absolute Gasteiger partial charge is 0.456 e. The topological polar surface area (TPSA) is 61.8 Å². The summed E-state index contributed by atoms with van der Waals surface area (Å²) in [6.07, 6.45) is -5.56. The number of rotatable bonds is 5. The van der Waals surface area contributed by atoms with Crippen molar-refractivity contribution in [3.63, 3.8) is 0 Å². The summed E-state index contributed by atoms with van der Waals surface area (Å²) in [5.41, 5.74) is 0. The van der Waals surface area contributed by atoms with Gasteiger partial charge in [0.15, 0.2) is 6.61 Å². The van der Waals surface area contributed by atoms with Gasteiger partial charge in [-0.05, 0) is 0 Å². The molecule has 0 saturated heterocycles. The average Bonchev–Trinajstić information content (AvgIpc) is 2.31. The van der Waals surface area contributed by atoms with Crippen LogP contribution in [0.3, 0.4) is 0 Å². The van der Waals surface area contributed by atoms with Crippen molar-refractivity contribution < 1.29 is 45.8 Å². The molecule has 0 aromatic carbocycles. The first-order chi connectivity index (χ1) is 8.55. The van der Waals surface area contributed by atoms with E-state index in [1.54, 1.807) is 0 Å². The highest BCUT2D eigenvalue weighted by atomic mass is 19.4. The van der Waals surface area contributed by atoms with Gasteiger partial charge in [0, 0.05) is 0 Å². The number of alkyl halides is 5. The average molecular weight is 292 g/mol. The molecular formula is C9H9F5O5. The van der Waals surface area contributed by atoms with E-state index in [2.05, 4.69) is 14.2 Å². The molecule has 0 unspecified atom stereocenters. The summed E-state index contributed by atoms with van der Waals surface area (Å²) < 4.78 is 72.7. The van der Waals surface area contributed by atoms with Crippen molar-refractivity contribution in [2.24, 2.45) is 0 Å². The fraction of sp³-hybridized carbons (Fsp3) is 0.556. The highest BCUT2D eigenvalue weighted by Crippen LogP contribution is 2.35. The van der Waals surface area contributed by atoms with Crippen molar-refractivity contribution >= 4 is 11.9 Å². The van der Waals surface area contributed by atoms with Crippen LogP contribution in [0.2, 0.25) is 0 Å². The molecule has 0 amide bonds. The number of halogens is 5. The maximum Gasteiger partial charge on any atom is 0.456 e. The summed E-state index contributed by atoms with van der Waals surface area (Å²) in [5.74, 6) is -8.90. The normalized spacial score (nSPS) is 12.9. The SMILES string of the molecule is COC(=O)/C=C(/OCC(F)(F)C(F)(F)F)C(=O)OC. The summed E-state index contributed by atoms with van der Waals surface area (Å²) in [7, 11) is 1.72. The number of esters is 2. The van der Waals surface area contributed by atoms with E-state index in [4.69, 9.17) is 0 Å². The highest BCUT2D eigenvalue weighted by Gasteiger charge is 2.58. The maximum atomic E-state index is 12.5. The van der Waals surface area contributed by atoms with E-state index < -0.39 is 36.4 Å². The first kappa shape index (κ1) is 17.1. The molecule has 0 bridgehead atoms. The van der Waals surface area contributed by atoms with E-state index in [9.17, 15) is 31.5 Å². The van der Waals surface area contributed by atoms with Crippen LogP contribution in [0.15, 0.2) is 11.8 Å². The highest BCUT2D eigenvalue weighted by molar-refractivity contribution is 5.94. The minimum absolute atomic E-state index is 0.290. The van der Waals surface area contributed by atoms with Crippen LogP contribution in [-0.2, 0) is 23.8 Å². The van der Waals surface area contributed by atoms with Gasteiger partial charge in [-0.3, -0.25) is 0 Å². The predicted octanol–water partition coefficient (Wildman–Crippen LogP) is 1.43. The quantitative estimate of drug-likeness (QED) is 0.332. The molecule has 0 aromatic rings. The Morgan fingerprint density at radius 3 is 1.95 bits per heavy atom. The van der Waals surface area contributed by atoms with Crippen molar-refractivity contribution in [3.8, 4) is 0 Å². The van der Waals surface area contributed by atoms with Gasteiger partial charge in [0.05, 0.1) is 20.3 Å². The van der Waals surface area contributed by atoms with E-state index in [1.807, 2.05) is 0 Å². The Labute approximate surface area is 103 Å². The molecule has 0 atom stereocenters. The Bertz CT molecular complexity index is 374. The Morgan fingerprint density at radius 1 is 1.05 bits per heavy atom. The second-order valence-electron chi connectivity index (χ2n) is 3.01. The fourth-order valence-corrected chi connectivity index (χ4v) is 0.676. The third-order valence-corrected chi connectivity index (χ3v) is 1.66. The molecule has 5 nitrogen and oxygen atoms in total. The van der Waals surface area contributed by atoms with Crippen LogP contribution in [0, 0.1) is 0 Å². The summed E-state index contributed by atoms with van der Waals surface area (Å²) in [6.45, 7) is -2.17. The lowest BCUT2D eigenvalue weighted by Gasteiger charge is -2.20. The first-order valence-corrected chi connectivity index (χ1v) is 4.50. The van der Waals surface area contributed by atoms with Gasteiger partial charge in [-0.25, -0.2) is 9.59 Å². The lowest BCUT2D eigenvalue weighted by Crippen LogP contribution is -2.41. The summed E-state index contributed by atoms with van der Waals surface area (Å²) in [5, 5.41) is 0. The first-order valence-electron chi connectivity index (χ1n) is 4.50. The van der Waals surface area contributed by atoms with Gasteiger partial charge in [-0.15, -0.1) is 0 Å². The molecule has 0 aliphatic rings. The summed E-state index contributed by atoms with van der Waals surface area (Å²) in [6, 6.07) is 0. The fourth-order valence-electron chi connectivity index (χ4n) is 0.676. The zero-order valence-corrected chi connectivity index (χ0v) is 9.72. The molecule has 10 heteroatoms. The molecule has 0 fully saturated rings. The van der Waals surface area contributed by atoms with Gasteiger partial charge < -0.3 is 14.2 Å². The Balaban J connectivity index is 4.93. The van der Waals surface area contributed by atoms with E-state index in [0.29, 0.717) is 0 Å². The molecule has 0 rings (SSSR count). The Kier molecular flexibility index (Phi) is 5.72. The van der Waals surface area contributed by atoms with Gasteiger partial charge in [-0.2, -0.15) is 22.0 Å². The molecule has 0 spiro atoms. The molecule has 0 radical (unpaired) electrons. The molecule has 0 aliphatic carbocycles. The third kappa shape index (κ3) is 5.10. The summed E-state index contributed by atoms with van der Waals surface area (Å²) >= 11 is 0. The lowest BCUT2D eigenvalue weighted by molar-refractivity contribution is -0.293. The molecule has 0 N–H and O–H groups in total. The summed E-state index contributed by atoms with van der Waals surface area (Å²) in [4.78, 5) is 21.7. The van der Waals surface area contributed by atoms with E-state index in [-0.39, 0.29) is 6.08 Å². The Morgan fingerprint density at radius 2 is 1.58 bits per heavy atom. The van der Waals surface area contributed by atoms with E-state index in [1.165, 1.54) is 0 Å². The number of hydrogen-bond acceptors (Lipinski definition) is 5. The zero-order valence-electron chi connectivity index (χ0n) is 9.72. The number of carbonyl (C=O) groups excluding carboxylic acids is 2. The van der Waals surface area contributed by atoms with Crippen LogP contribution in [-0.4, -0.2) is 44.9 Å². The van der Waals surface area contributed by atoms with Crippen LogP contribution in [0.5, 0.6) is 0 Å². The molecule has 0 aliphatic heterocycles. The molecular weight excluding hydrogens is 283 g/mol. The predicted molar refractivity (Wildman–Crippen MR) is 49.1 cm³/mol. The van der Waals surface area contributed by atoms with Crippen molar-refractivity contribution in [1.29, 1.82) is 0 Å². The van der Waals surface area contributed by atoms with Gasteiger partial charge in [0.2, 0.25) is 5.76 Å². The molecule has 0 saturated carbocycles. The van der Waals surface area contributed by atoms with E-state index >= 15 is 0 Å². The lowest BCUT2D eigenvalue weighted by atomic mass is 10.3. The molecule has 110 valence electrons. The van der Waals surface area contributed by atoms with Crippen LogP contribution in [0.1, 0.15) is 0 Å². The number of carbonyl (C=O) groups is 2. The molecule has 19 heavy (non-hydrogen) atoms. The maximum absolute atomic E-state index is 12.5. The van der Waals surface area contributed by atoms with Crippen molar-refractivity contribution in [3.05, 3.63) is 11.8 Å². The molecule has 0 aromatic heterocycles. The minimum Gasteiger partial charge on any atom is -0.480 e. The monoisotopic (exact) mass is 292 g/mol. The van der Waals surface area contributed by atoms with Crippen LogP contribution < -0.4 is 0 Å². The third-order valence-electron chi connectivity index (χ3n) is 1.66. The van der Waals surface area contributed by atoms with Crippen molar-refractivity contribution in [2.75, 3.05) is 20.8 Å². The van der Waals surface area contributed by atoms with Gasteiger partial charge in [0.1, 0.15) is 0 Å². The molecule has 0 heterocycles. The largest absolute Gasteiger partial charge is 0.480 e. The van der Waals surface area contributed by atoms with Gasteiger partial charge >= 0.3 is 24.0 Å². The van der Waals surface area contributed by atoms with Gasteiger partial charge in [0.25, 0.3) is 0 Å². The minimum atomic E-state index is -5.85. The Hall–Kier alpha value is -1.87. The second-order valence-corrected chi connectivity index (χ2v) is 3.01. The van der Waals surface area contributed by atoms with Crippen molar-refractivity contribution in [1.82, 2.24) is 0 Å². The van der Waals surface area contributed by atoms with Crippen molar-refractivity contribution in [2.45, 2.75) is 12.1 Å². The van der Waals surface area contributed by atoms with Crippen LogP contribution >= 0.6 is 0 Å². The van der Waals surface area contributed by atoms with Crippen LogP contribution in [0.25, 0.3) is 0 Å². The van der Waals surface area contributed by atoms with E-state index in [0.717, 1.165) is 14.2 Å². The number of methoxy groups -OCH3 is 2. The second kappa shape index (κ2) is 6.34. The van der Waals surface area contributed by atoms with Gasteiger partial charge in [-0.1, -0.05) is 0 Å². The zero-order chi connectivity index (χ0) is 15.3. The standard InChI is InChI=1S/C9H9F5O5/c1-17-6(15)3-5(7(16)18-2)19-4-8(10,11)9(12,13)14/h3H,4H2,1-2H3/b5-3+. The number of hydrogen-bond donors (Lipinski definition) is 0.